The number of likely N-dealkylation sites (tertiary alicyclic amines) is 1. The molecule has 1 aromatic heterocycles. The molecule has 4 nitrogen and oxygen atoms in total. The molecule has 0 atom stereocenters. The van der Waals surface area contributed by atoms with E-state index in [1.165, 1.54) is 0 Å². The van der Waals surface area contributed by atoms with E-state index >= 15 is 0 Å². The third-order valence-electron chi connectivity index (χ3n) is 2.39. The molecular weight excluding hydrogens is 178 g/mol. The van der Waals surface area contributed by atoms with Crippen LogP contribution in [0.1, 0.15) is 18.4 Å². The molecule has 0 spiro atoms. The van der Waals surface area contributed by atoms with Gasteiger partial charge in [0.25, 0.3) is 0 Å². The monoisotopic (exact) mass is 191 g/mol. The molecule has 0 radical (unpaired) electrons. The first-order valence-corrected chi connectivity index (χ1v) is 4.74. The number of carbonyl (C=O) groups is 1. The van der Waals surface area contributed by atoms with Gasteiger partial charge in [-0.3, -0.25) is 4.79 Å². The molecule has 0 unspecified atom stereocenters. The molecule has 74 valence electrons. The normalized spacial score (nSPS) is 16.3. The Hall–Kier alpha value is -1.58. The summed E-state index contributed by atoms with van der Waals surface area (Å²) in [7, 11) is 0. The lowest BCUT2D eigenvalue weighted by atomic mass is 10.2. The molecule has 1 saturated heterocycles. The van der Waals surface area contributed by atoms with Crippen molar-refractivity contribution in [3.8, 4) is 0 Å². The highest BCUT2D eigenvalue weighted by molar-refractivity contribution is 5.78. The lowest BCUT2D eigenvalue weighted by Gasteiger charge is -2.15. The fourth-order valence-electron chi connectivity index (χ4n) is 1.68. The van der Waals surface area contributed by atoms with Gasteiger partial charge in [0.05, 0.1) is 0 Å². The predicted molar refractivity (Wildman–Crippen MR) is 53.3 cm³/mol. The van der Waals surface area contributed by atoms with Crippen LogP contribution in [0.5, 0.6) is 0 Å². The maximum Gasteiger partial charge on any atom is 0.222 e. The Balaban J connectivity index is 2.07. The van der Waals surface area contributed by atoms with E-state index in [9.17, 15) is 4.79 Å². The summed E-state index contributed by atoms with van der Waals surface area (Å²) in [4.78, 5) is 17.1. The molecule has 0 saturated carbocycles. The maximum absolute atomic E-state index is 11.3. The van der Waals surface area contributed by atoms with E-state index in [0.717, 1.165) is 18.5 Å². The third kappa shape index (κ3) is 1.84. The van der Waals surface area contributed by atoms with Gasteiger partial charge in [-0.2, -0.15) is 0 Å². The van der Waals surface area contributed by atoms with Crippen LogP contribution in [-0.2, 0) is 11.3 Å². The Morgan fingerprint density at radius 1 is 1.57 bits per heavy atom. The van der Waals surface area contributed by atoms with Crippen molar-refractivity contribution in [2.45, 2.75) is 19.4 Å². The summed E-state index contributed by atoms with van der Waals surface area (Å²) >= 11 is 0. The van der Waals surface area contributed by atoms with Gasteiger partial charge in [0.15, 0.2) is 0 Å². The Labute approximate surface area is 82.7 Å². The number of aromatic nitrogens is 1. The zero-order valence-corrected chi connectivity index (χ0v) is 7.94. The van der Waals surface area contributed by atoms with Gasteiger partial charge < -0.3 is 10.6 Å². The molecule has 0 bridgehead atoms. The first-order valence-electron chi connectivity index (χ1n) is 4.74. The van der Waals surface area contributed by atoms with E-state index in [0.29, 0.717) is 18.8 Å². The summed E-state index contributed by atoms with van der Waals surface area (Å²) in [5.41, 5.74) is 6.60. The van der Waals surface area contributed by atoms with E-state index in [1.54, 1.807) is 6.20 Å². The number of rotatable bonds is 2. The number of nitrogen functional groups attached to an aromatic ring is 1. The predicted octanol–water partition coefficient (Wildman–Crippen LogP) is 0.786. The van der Waals surface area contributed by atoms with Crippen molar-refractivity contribution in [2.75, 3.05) is 12.3 Å². The highest BCUT2D eigenvalue weighted by Gasteiger charge is 2.19. The van der Waals surface area contributed by atoms with Gasteiger partial charge >= 0.3 is 0 Å². The van der Waals surface area contributed by atoms with Crippen molar-refractivity contribution in [1.82, 2.24) is 9.88 Å². The average Bonchev–Trinajstić information content (AvgIpc) is 2.52. The van der Waals surface area contributed by atoms with Crippen LogP contribution < -0.4 is 5.73 Å². The summed E-state index contributed by atoms with van der Waals surface area (Å²) in [5, 5.41) is 0. The Kier molecular flexibility index (Phi) is 2.35. The molecular formula is C10H13N3O. The number of nitrogens with zero attached hydrogens (tertiary/aromatic N) is 2. The minimum absolute atomic E-state index is 0.236. The summed E-state index contributed by atoms with van der Waals surface area (Å²) in [5.74, 6) is 0.745. The zero-order chi connectivity index (χ0) is 9.97. The molecule has 1 aromatic rings. The number of amides is 1. The smallest absolute Gasteiger partial charge is 0.222 e. The lowest BCUT2D eigenvalue weighted by molar-refractivity contribution is -0.128. The number of hydrogen-bond donors (Lipinski definition) is 1. The molecule has 1 aliphatic heterocycles. The quantitative estimate of drug-likeness (QED) is 0.751. The molecule has 2 N–H and O–H groups in total. The maximum atomic E-state index is 11.3. The van der Waals surface area contributed by atoms with Gasteiger partial charge in [0.1, 0.15) is 5.82 Å². The highest BCUT2D eigenvalue weighted by atomic mass is 16.2. The van der Waals surface area contributed by atoms with Gasteiger partial charge in [-0.15, -0.1) is 0 Å². The topological polar surface area (TPSA) is 59.2 Å². The van der Waals surface area contributed by atoms with Crippen LogP contribution in [0.25, 0.3) is 0 Å². The summed E-state index contributed by atoms with van der Waals surface area (Å²) in [6, 6.07) is 3.70. The largest absolute Gasteiger partial charge is 0.384 e. The number of pyridine rings is 1. The van der Waals surface area contributed by atoms with Gasteiger partial charge in [-0.25, -0.2) is 4.98 Å². The Morgan fingerprint density at radius 3 is 3.07 bits per heavy atom. The number of carbonyl (C=O) groups excluding carboxylic acids is 1. The van der Waals surface area contributed by atoms with Crippen LogP contribution in [0.4, 0.5) is 5.82 Å². The van der Waals surface area contributed by atoms with Gasteiger partial charge in [-0.1, -0.05) is 0 Å². The Morgan fingerprint density at radius 2 is 2.43 bits per heavy atom. The fourth-order valence-corrected chi connectivity index (χ4v) is 1.68. The fraction of sp³-hybridized carbons (Fsp3) is 0.400. The minimum atomic E-state index is 0.236. The summed E-state index contributed by atoms with van der Waals surface area (Å²) in [6.07, 6.45) is 3.32. The average molecular weight is 191 g/mol. The van der Waals surface area contributed by atoms with Crippen molar-refractivity contribution in [2.24, 2.45) is 0 Å². The van der Waals surface area contributed by atoms with Gasteiger partial charge in [-0.05, 0) is 24.1 Å². The van der Waals surface area contributed by atoms with E-state index in [2.05, 4.69) is 4.98 Å². The first-order chi connectivity index (χ1) is 6.75. The van der Waals surface area contributed by atoms with E-state index in [-0.39, 0.29) is 5.91 Å². The van der Waals surface area contributed by atoms with Crippen molar-refractivity contribution in [3.05, 3.63) is 23.9 Å². The highest BCUT2D eigenvalue weighted by Crippen LogP contribution is 2.14. The van der Waals surface area contributed by atoms with Crippen LogP contribution in [0, 0.1) is 0 Å². The van der Waals surface area contributed by atoms with Crippen LogP contribution >= 0.6 is 0 Å². The summed E-state index contributed by atoms with van der Waals surface area (Å²) in [6.45, 7) is 1.52. The molecule has 0 aliphatic carbocycles. The number of nitrogens with two attached hydrogens (primary N) is 1. The second-order valence-corrected chi connectivity index (χ2v) is 3.51. The van der Waals surface area contributed by atoms with Crippen LogP contribution in [0.15, 0.2) is 18.3 Å². The molecule has 2 heterocycles. The first kappa shape index (κ1) is 8.99. The Bertz CT molecular complexity index is 351. The SMILES string of the molecule is Nc1cc(CN2CCCC2=O)ccn1. The van der Waals surface area contributed by atoms with E-state index in [1.807, 2.05) is 17.0 Å². The molecule has 1 amide bonds. The van der Waals surface area contributed by atoms with Crippen LogP contribution in [-0.4, -0.2) is 22.3 Å². The minimum Gasteiger partial charge on any atom is -0.384 e. The second kappa shape index (κ2) is 3.65. The van der Waals surface area contributed by atoms with Crippen molar-refractivity contribution >= 4 is 11.7 Å². The second-order valence-electron chi connectivity index (χ2n) is 3.51. The molecule has 1 fully saturated rings. The van der Waals surface area contributed by atoms with Gasteiger partial charge in [0, 0.05) is 25.7 Å². The number of anilines is 1. The standard InChI is InChI=1S/C10H13N3O/c11-9-6-8(3-4-12-9)7-13-5-1-2-10(13)14/h3-4,6H,1-2,5,7H2,(H2,11,12). The molecule has 1 aliphatic rings. The number of hydrogen-bond acceptors (Lipinski definition) is 3. The van der Waals surface area contributed by atoms with E-state index in [4.69, 9.17) is 5.73 Å². The lowest BCUT2D eigenvalue weighted by Crippen LogP contribution is -2.23. The van der Waals surface area contributed by atoms with Gasteiger partial charge in [0.2, 0.25) is 5.91 Å². The summed E-state index contributed by atoms with van der Waals surface area (Å²) < 4.78 is 0. The molecule has 14 heavy (non-hydrogen) atoms. The zero-order valence-electron chi connectivity index (χ0n) is 7.94. The molecule has 0 aromatic carbocycles. The van der Waals surface area contributed by atoms with Crippen molar-refractivity contribution in [1.29, 1.82) is 0 Å². The van der Waals surface area contributed by atoms with Crippen LogP contribution in [0.3, 0.4) is 0 Å². The van der Waals surface area contributed by atoms with Crippen LogP contribution in [0.2, 0.25) is 0 Å². The molecule has 2 rings (SSSR count). The van der Waals surface area contributed by atoms with Crippen molar-refractivity contribution in [3.63, 3.8) is 0 Å². The van der Waals surface area contributed by atoms with E-state index < -0.39 is 0 Å². The van der Waals surface area contributed by atoms with Crippen molar-refractivity contribution < 1.29 is 4.79 Å². The third-order valence-corrected chi connectivity index (χ3v) is 2.39. The molecule has 4 heteroatoms.